The first kappa shape index (κ1) is 13.2. The molecule has 1 aromatic rings. The van der Waals surface area contributed by atoms with Crippen LogP contribution in [0.5, 0.6) is 0 Å². The molecular weight excluding hydrogens is 223 g/mol. The molecule has 0 aliphatic heterocycles. The van der Waals surface area contributed by atoms with Gasteiger partial charge in [0.15, 0.2) is 0 Å². The van der Waals surface area contributed by atoms with E-state index in [1.54, 1.807) is 24.3 Å². The van der Waals surface area contributed by atoms with Crippen molar-refractivity contribution in [2.75, 3.05) is 27.2 Å². The first-order valence-corrected chi connectivity index (χ1v) is 6.61. The molecule has 0 fully saturated rings. The normalized spacial score (nSPS) is 11.9. The Morgan fingerprint density at radius 2 is 1.81 bits per heavy atom. The molecule has 6 heteroatoms. The standard InChI is InChI=1S/C10H17BN2O2S/c1-13(2)8-7-12-16(14,15)10-5-3-9(11)4-6-10/h3-6,12H,7-8,11H2,1-2H3. The summed E-state index contributed by atoms with van der Waals surface area (Å²) in [7, 11) is 2.38. The Bertz CT molecular complexity index is 429. The number of hydrogen-bond acceptors (Lipinski definition) is 3. The second kappa shape index (κ2) is 5.47. The van der Waals surface area contributed by atoms with Crippen molar-refractivity contribution in [2.24, 2.45) is 0 Å². The minimum Gasteiger partial charge on any atom is -0.308 e. The molecule has 0 saturated heterocycles. The Hall–Kier alpha value is -0.845. The van der Waals surface area contributed by atoms with Gasteiger partial charge in [-0.15, -0.1) is 0 Å². The monoisotopic (exact) mass is 240 g/mol. The quantitative estimate of drug-likeness (QED) is 0.657. The van der Waals surface area contributed by atoms with Gasteiger partial charge in [-0.2, -0.15) is 0 Å². The minimum absolute atomic E-state index is 0.317. The van der Waals surface area contributed by atoms with Crippen molar-refractivity contribution < 1.29 is 8.42 Å². The van der Waals surface area contributed by atoms with E-state index in [1.165, 1.54) is 0 Å². The fourth-order valence-electron chi connectivity index (χ4n) is 1.20. The fraction of sp³-hybridized carbons (Fsp3) is 0.400. The molecule has 0 spiro atoms. The van der Waals surface area contributed by atoms with Crippen molar-refractivity contribution in [3.05, 3.63) is 24.3 Å². The van der Waals surface area contributed by atoms with Crippen molar-refractivity contribution in [2.45, 2.75) is 4.90 Å². The van der Waals surface area contributed by atoms with Crippen LogP contribution in [0.2, 0.25) is 0 Å². The largest absolute Gasteiger partial charge is 0.308 e. The third kappa shape index (κ3) is 3.96. The van der Waals surface area contributed by atoms with Crippen LogP contribution in [0.3, 0.4) is 0 Å². The molecular formula is C10H17BN2O2S. The van der Waals surface area contributed by atoms with Gasteiger partial charge in [-0.3, -0.25) is 0 Å². The van der Waals surface area contributed by atoms with Crippen molar-refractivity contribution >= 4 is 23.3 Å². The smallest absolute Gasteiger partial charge is 0.240 e. The number of hydrogen-bond donors (Lipinski definition) is 1. The molecule has 0 bridgehead atoms. The van der Waals surface area contributed by atoms with E-state index in [2.05, 4.69) is 4.72 Å². The number of sulfonamides is 1. The van der Waals surface area contributed by atoms with Crippen molar-refractivity contribution in [1.82, 2.24) is 9.62 Å². The Balaban J connectivity index is 2.67. The van der Waals surface area contributed by atoms with Crippen LogP contribution in [0.25, 0.3) is 0 Å². The number of rotatable bonds is 5. The van der Waals surface area contributed by atoms with Gasteiger partial charge >= 0.3 is 0 Å². The van der Waals surface area contributed by atoms with Crippen LogP contribution >= 0.6 is 0 Å². The lowest BCUT2D eigenvalue weighted by Gasteiger charge is -2.11. The third-order valence-corrected chi connectivity index (χ3v) is 3.66. The molecule has 1 aromatic carbocycles. The average Bonchev–Trinajstić information content (AvgIpc) is 2.17. The van der Waals surface area contributed by atoms with E-state index in [1.807, 2.05) is 26.8 Å². The molecule has 1 N–H and O–H groups in total. The van der Waals surface area contributed by atoms with Crippen LogP contribution < -0.4 is 10.2 Å². The summed E-state index contributed by atoms with van der Waals surface area (Å²) in [6.07, 6.45) is 0. The molecule has 0 aliphatic rings. The van der Waals surface area contributed by atoms with Gasteiger partial charge in [0.25, 0.3) is 0 Å². The molecule has 0 saturated carbocycles. The van der Waals surface area contributed by atoms with E-state index in [-0.39, 0.29) is 0 Å². The summed E-state index contributed by atoms with van der Waals surface area (Å²) >= 11 is 0. The first-order valence-electron chi connectivity index (χ1n) is 5.13. The summed E-state index contributed by atoms with van der Waals surface area (Å²) in [5.41, 5.74) is 1.05. The molecule has 0 aromatic heterocycles. The number of nitrogens with one attached hydrogen (secondary N) is 1. The van der Waals surface area contributed by atoms with Gasteiger partial charge in [-0.05, 0) is 26.2 Å². The van der Waals surface area contributed by atoms with E-state index < -0.39 is 10.0 Å². The molecule has 0 radical (unpaired) electrons. The van der Waals surface area contributed by atoms with Crippen LogP contribution in [0.15, 0.2) is 29.2 Å². The molecule has 0 atom stereocenters. The van der Waals surface area contributed by atoms with Crippen LogP contribution in [0.1, 0.15) is 0 Å². The molecule has 4 nitrogen and oxygen atoms in total. The zero-order valence-corrected chi connectivity index (χ0v) is 10.7. The maximum Gasteiger partial charge on any atom is 0.240 e. The van der Waals surface area contributed by atoms with Crippen molar-refractivity contribution in [3.8, 4) is 0 Å². The molecule has 16 heavy (non-hydrogen) atoms. The maximum atomic E-state index is 11.8. The van der Waals surface area contributed by atoms with Crippen LogP contribution in [0.4, 0.5) is 0 Å². The highest BCUT2D eigenvalue weighted by molar-refractivity contribution is 7.89. The topological polar surface area (TPSA) is 49.4 Å². The van der Waals surface area contributed by atoms with E-state index in [0.717, 1.165) is 5.46 Å². The van der Waals surface area contributed by atoms with Gasteiger partial charge in [-0.25, -0.2) is 13.1 Å². The Labute approximate surface area is 98.1 Å². The van der Waals surface area contributed by atoms with Gasteiger partial charge in [0.05, 0.1) is 4.90 Å². The first-order chi connectivity index (χ1) is 7.42. The summed E-state index contributed by atoms with van der Waals surface area (Å²) in [6.45, 7) is 1.11. The number of likely N-dealkylation sites (N-methyl/N-ethyl adjacent to an activating group) is 1. The molecule has 1 rings (SSSR count). The van der Waals surface area contributed by atoms with Crippen molar-refractivity contribution in [3.63, 3.8) is 0 Å². The Kier molecular flexibility index (Phi) is 4.52. The van der Waals surface area contributed by atoms with E-state index >= 15 is 0 Å². The molecule has 0 unspecified atom stereocenters. The maximum absolute atomic E-state index is 11.8. The summed E-state index contributed by atoms with van der Waals surface area (Å²) in [5.74, 6) is 0. The lowest BCUT2D eigenvalue weighted by molar-refractivity contribution is 0.412. The number of benzene rings is 1. The lowest BCUT2D eigenvalue weighted by atomic mass is 9.97. The number of nitrogens with zero attached hydrogens (tertiary/aromatic N) is 1. The van der Waals surface area contributed by atoms with Crippen molar-refractivity contribution in [1.29, 1.82) is 0 Å². The highest BCUT2D eigenvalue weighted by atomic mass is 32.2. The molecule has 0 heterocycles. The summed E-state index contributed by atoms with van der Waals surface area (Å²) in [4.78, 5) is 2.24. The second-order valence-corrected chi connectivity index (χ2v) is 5.78. The Morgan fingerprint density at radius 3 is 2.31 bits per heavy atom. The highest BCUT2D eigenvalue weighted by Crippen LogP contribution is 2.05. The summed E-state index contributed by atoms with van der Waals surface area (Å²) < 4.78 is 26.1. The molecule has 0 aliphatic carbocycles. The fourth-order valence-corrected chi connectivity index (χ4v) is 2.23. The van der Waals surface area contributed by atoms with Gasteiger partial charge in [0.1, 0.15) is 7.85 Å². The predicted molar refractivity (Wildman–Crippen MR) is 68.4 cm³/mol. The van der Waals surface area contributed by atoms with Gasteiger partial charge in [-0.1, -0.05) is 17.6 Å². The van der Waals surface area contributed by atoms with Gasteiger partial charge in [0.2, 0.25) is 10.0 Å². The zero-order chi connectivity index (χ0) is 12.2. The van der Waals surface area contributed by atoms with Gasteiger partial charge in [0, 0.05) is 13.1 Å². The SMILES string of the molecule is Bc1ccc(S(=O)(=O)NCCN(C)C)cc1. The van der Waals surface area contributed by atoms with E-state index in [0.29, 0.717) is 18.0 Å². The van der Waals surface area contributed by atoms with E-state index in [4.69, 9.17) is 0 Å². The molecule has 88 valence electrons. The molecule has 0 amide bonds. The second-order valence-electron chi connectivity index (χ2n) is 4.01. The highest BCUT2D eigenvalue weighted by Gasteiger charge is 2.12. The Morgan fingerprint density at radius 1 is 1.25 bits per heavy atom. The predicted octanol–water partition coefficient (Wildman–Crippen LogP) is -1.22. The zero-order valence-electron chi connectivity index (χ0n) is 9.90. The van der Waals surface area contributed by atoms with Crippen LogP contribution in [0, 0.1) is 0 Å². The minimum atomic E-state index is -3.35. The summed E-state index contributed by atoms with van der Waals surface area (Å²) in [5, 5.41) is 0. The van der Waals surface area contributed by atoms with Crippen LogP contribution in [-0.4, -0.2) is 48.3 Å². The van der Waals surface area contributed by atoms with E-state index in [9.17, 15) is 8.42 Å². The van der Waals surface area contributed by atoms with Crippen LogP contribution in [-0.2, 0) is 10.0 Å². The lowest BCUT2D eigenvalue weighted by Crippen LogP contribution is -2.31. The average molecular weight is 240 g/mol. The van der Waals surface area contributed by atoms with Gasteiger partial charge < -0.3 is 4.90 Å². The third-order valence-electron chi connectivity index (χ3n) is 2.18. The summed E-state index contributed by atoms with van der Waals surface area (Å²) in [6, 6.07) is 6.82.